The maximum absolute atomic E-state index is 12.8. The Labute approximate surface area is 153 Å². The minimum absolute atomic E-state index is 0.231. The molecule has 1 N–H and O–H groups in total. The molecule has 0 unspecified atom stereocenters. The number of hydrogen-bond acceptors (Lipinski definition) is 5. The summed E-state index contributed by atoms with van der Waals surface area (Å²) >= 11 is 0. The van der Waals surface area contributed by atoms with Gasteiger partial charge in [0.25, 0.3) is 5.91 Å². The number of β-lactam (4-membered cyclic amide) rings is 1. The highest BCUT2D eigenvalue weighted by atomic mass is 16.5. The molecule has 6 nitrogen and oxygen atoms in total. The van der Waals surface area contributed by atoms with Crippen molar-refractivity contribution in [2.45, 2.75) is 63.0 Å². The zero-order valence-electron chi connectivity index (χ0n) is 15.2. The number of ether oxygens (including phenoxy) is 2. The molecule has 5 atom stereocenters. The van der Waals surface area contributed by atoms with E-state index in [1.807, 2.05) is 37.3 Å². The van der Waals surface area contributed by atoms with Gasteiger partial charge in [-0.2, -0.15) is 0 Å². The number of methoxy groups -OCH3 is 1. The fourth-order valence-electron chi connectivity index (χ4n) is 5.23. The SMILES string of the molecule is COC(=O)[C@H]1N2C(=O)[C@H](OCc3ccccc3)[C@@H]2[C@]2(C)CCCC[C@]12O. The van der Waals surface area contributed by atoms with Gasteiger partial charge in [0, 0.05) is 5.41 Å². The molecule has 1 aromatic rings. The summed E-state index contributed by atoms with van der Waals surface area (Å²) < 4.78 is 10.9. The molecule has 0 bridgehead atoms. The van der Waals surface area contributed by atoms with Gasteiger partial charge < -0.3 is 19.5 Å². The molecule has 3 aliphatic rings. The number of aliphatic hydroxyl groups is 1. The van der Waals surface area contributed by atoms with Crippen LogP contribution in [-0.4, -0.2) is 52.8 Å². The van der Waals surface area contributed by atoms with Gasteiger partial charge >= 0.3 is 5.97 Å². The van der Waals surface area contributed by atoms with Crippen molar-refractivity contribution >= 4 is 11.9 Å². The van der Waals surface area contributed by atoms with Crippen LogP contribution in [0, 0.1) is 5.41 Å². The van der Waals surface area contributed by atoms with Gasteiger partial charge in [-0.3, -0.25) is 4.79 Å². The molecule has 0 aromatic heterocycles. The molecule has 4 rings (SSSR count). The largest absolute Gasteiger partial charge is 0.467 e. The molecule has 6 heteroatoms. The number of carbonyl (C=O) groups is 2. The number of fused-ring (bicyclic) bond motifs is 3. The average Bonchev–Trinajstić information content (AvgIpc) is 2.84. The second-order valence-electron chi connectivity index (χ2n) is 7.88. The summed E-state index contributed by atoms with van der Waals surface area (Å²) in [6, 6.07) is 8.45. The van der Waals surface area contributed by atoms with Crippen molar-refractivity contribution in [1.29, 1.82) is 0 Å². The smallest absolute Gasteiger partial charge is 0.331 e. The third-order valence-electron chi connectivity index (χ3n) is 6.66. The monoisotopic (exact) mass is 359 g/mol. The molecule has 26 heavy (non-hydrogen) atoms. The fourth-order valence-corrected chi connectivity index (χ4v) is 5.23. The molecule has 2 aliphatic heterocycles. The molecule has 0 radical (unpaired) electrons. The summed E-state index contributed by atoms with van der Waals surface area (Å²) in [5, 5.41) is 11.5. The van der Waals surface area contributed by atoms with E-state index in [1.54, 1.807) is 0 Å². The van der Waals surface area contributed by atoms with E-state index in [4.69, 9.17) is 9.47 Å². The number of benzene rings is 1. The summed E-state index contributed by atoms with van der Waals surface area (Å²) in [7, 11) is 1.30. The average molecular weight is 359 g/mol. The highest BCUT2D eigenvalue weighted by molar-refractivity contribution is 5.95. The van der Waals surface area contributed by atoms with E-state index in [2.05, 4.69) is 0 Å². The standard InChI is InChI=1S/C20H25NO5/c1-19-10-6-7-11-20(19,24)16(18(23)25-2)21-15(19)14(17(21)22)26-12-13-8-4-3-5-9-13/h3-5,8-9,14-16,24H,6-7,10-12H2,1-2H3/t14-,15-,16-,19+,20+/m1/s1. The zero-order chi connectivity index (χ0) is 18.5. The molecule has 140 valence electrons. The topological polar surface area (TPSA) is 76.1 Å². The lowest BCUT2D eigenvalue weighted by atomic mass is 9.60. The molecule has 2 heterocycles. The Bertz CT molecular complexity index is 722. The molecule has 1 saturated carbocycles. The molecule has 0 spiro atoms. The minimum Gasteiger partial charge on any atom is -0.467 e. The summed E-state index contributed by atoms with van der Waals surface area (Å²) in [5.41, 5.74) is -0.839. The Kier molecular flexibility index (Phi) is 4.08. The van der Waals surface area contributed by atoms with Gasteiger partial charge in [0.15, 0.2) is 12.1 Å². The lowest BCUT2D eigenvalue weighted by molar-refractivity contribution is -0.185. The summed E-state index contributed by atoms with van der Waals surface area (Å²) in [5.74, 6) is -0.775. The third-order valence-corrected chi connectivity index (χ3v) is 6.66. The Balaban J connectivity index is 1.62. The van der Waals surface area contributed by atoms with Crippen molar-refractivity contribution in [2.75, 3.05) is 7.11 Å². The Hall–Kier alpha value is -1.92. The fraction of sp³-hybridized carbons (Fsp3) is 0.600. The summed E-state index contributed by atoms with van der Waals surface area (Å²) in [4.78, 5) is 26.7. The van der Waals surface area contributed by atoms with Crippen LogP contribution in [0.25, 0.3) is 0 Å². The van der Waals surface area contributed by atoms with Crippen LogP contribution in [0.15, 0.2) is 30.3 Å². The molecule has 2 saturated heterocycles. The van der Waals surface area contributed by atoms with Crippen molar-refractivity contribution in [2.24, 2.45) is 5.41 Å². The third kappa shape index (κ3) is 2.18. The lowest BCUT2D eigenvalue weighted by Gasteiger charge is -2.50. The van der Waals surface area contributed by atoms with Gasteiger partial charge in [0.05, 0.1) is 19.8 Å². The second-order valence-corrected chi connectivity index (χ2v) is 7.88. The van der Waals surface area contributed by atoms with Crippen LogP contribution in [0.5, 0.6) is 0 Å². The van der Waals surface area contributed by atoms with Crippen molar-refractivity contribution in [1.82, 2.24) is 4.90 Å². The van der Waals surface area contributed by atoms with Gasteiger partial charge in [0.2, 0.25) is 0 Å². The quantitative estimate of drug-likeness (QED) is 0.653. The number of nitrogens with zero attached hydrogens (tertiary/aromatic N) is 1. The predicted octanol–water partition coefficient (Wildman–Crippen LogP) is 1.65. The molecular formula is C20H25NO5. The molecule has 3 fully saturated rings. The van der Waals surface area contributed by atoms with E-state index >= 15 is 0 Å². The first-order valence-electron chi connectivity index (χ1n) is 9.22. The zero-order valence-corrected chi connectivity index (χ0v) is 15.2. The molecule has 1 amide bonds. The first kappa shape index (κ1) is 17.5. The highest BCUT2D eigenvalue weighted by Crippen LogP contribution is 2.61. The van der Waals surface area contributed by atoms with Gasteiger partial charge in [-0.05, 0) is 18.4 Å². The van der Waals surface area contributed by atoms with Gasteiger partial charge in [-0.1, -0.05) is 50.1 Å². The maximum Gasteiger partial charge on any atom is 0.331 e. The van der Waals surface area contributed by atoms with Crippen LogP contribution in [0.3, 0.4) is 0 Å². The molecule has 1 aromatic carbocycles. The maximum atomic E-state index is 12.8. The number of carbonyl (C=O) groups excluding carboxylic acids is 2. The lowest BCUT2D eigenvalue weighted by Crippen LogP contribution is -2.68. The Morgan fingerprint density at radius 2 is 1.96 bits per heavy atom. The first-order valence-corrected chi connectivity index (χ1v) is 9.22. The van der Waals surface area contributed by atoms with Crippen molar-refractivity contribution in [3.63, 3.8) is 0 Å². The normalized spacial score (nSPS) is 38.3. The summed E-state index contributed by atoms with van der Waals surface area (Å²) in [6.07, 6.45) is 2.44. The number of amides is 1. The minimum atomic E-state index is -1.26. The van der Waals surface area contributed by atoms with Crippen molar-refractivity contribution in [3.05, 3.63) is 35.9 Å². The van der Waals surface area contributed by atoms with Crippen molar-refractivity contribution in [3.8, 4) is 0 Å². The van der Waals surface area contributed by atoms with Crippen LogP contribution >= 0.6 is 0 Å². The van der Waals surface area contributed by atoms with Crippen LogP contribution in [0.2, 0.25) is 0 Å². The number of esters is 1. The first-order chi connectivity index (χ1) is 12.4. The van der Waals surface area contributed by atoms with E-state index in [0.29, 0.717) is 13.0 Å². The highest BCUT2D eigenvalue weighted by Gasteiger charge is 2.76. The number of rotatable bonds is 4. The van der Waals surface area contributed by atoms with Crippen LogP contribution in [0.1, 0.15) is 38.2 Å². The Morgan fingerprint density at radius 3 is 2.65 bits per heavy atom. The molecule has 1 aliphatic carbocycles. The van der Waals surface area contributed by atoms with Gasteiger partial charge in [-0.25, -0.2) is 4.79 Å². The van der Waals surface area contributed by atoms with Crippen LogP contribution in [-0.2, 0) is 25.7 Å². The second kappa shape index (κ2) is 6.06. The number of hydrogen-bond donors (Lipinski definition) is 1. The van der Waals surface area contributed by atoms with E-state index < -0.39 is 29.1 Å². The molecular weight excluding hydrogens is 334 g/mol. The van der Waals surface area contributed by atoms with E-state index in [9.17, 15) is 14.7 Å². The Morgan fingerprint density at radius 1 is 1.27 bits per heavy atom. The van der Waals surface area contributed by atoms with E-state index in [0.717, 1.165) is 24.8 Å². The predicted molar refractivity (Wildman–Crippen MR) is 93.0 cm³/mol. The van der Waals surface area contributed by atoms with Crippen molar-refractivity contribution < 1.29 is 24.2 Å². The van der Waals surface area contributed by atoms with Crippen LogP contribution in [0.4, 0.5) is 0 Å². The van der Waals surface area contributed by atoms with Gasteiger partial charge in [-0.15, -0.1) is 0 Å². The van der Waals surface area contributed by atoms with E-state index in [1.165, 1.54) is 12.0 Å². The van der Waals surface area contributed by atoms with Gasteiger partial charge in [0.1, 0.15) is 5.60 Å². The summed E-state index contributed by atoms with van der Waals surface area (Å²) in [6.45, 7) is 2.32. The van der Waals surface area contributed by atoms with Crippen LogP contribution < -0.4 is 0 Å². The van der Waals surface area contributed by atoms with E-state index in [-0.39, 0.29) is 11.9 Å².